The molecule has 1 unspecified atom stereocenters. The average Bonchev–Trinajstić information content (AvgIpc) is 3.00. The summed E-state index contributed by atoms with van der Waals surface area (Å²) in [7, 11) is 0. The van der Waals surface area contributed by atoms with E-state index in [2.05, 4.69) is 20.7 Å². The lowest BCUT2D eigenvalue weighted by Crippen LogP contribution is -2.43. The third kappa shape index (κ3) is 4.85. The van der Waals surface area contributed by atoms with Crippen molar-refractivity contribution in [1.29, 1.82) is 0 Å². The molecule has 0 spiro atoms. The first-order chi connectivity index (χ1) is 10.7. The van der Waals surface area contributed by atoms with Crippen LogP contribution in [0, 0.1) is 0 Å². The number of hydrogen-bond acceptors (Lipinski definition) is 4. The molecule has 1 heterocycles. The van der Waals surface area contributed by atoms with E-state index < -0.39 is 0 Å². The van der Waals surface area contributed by atoms with Gasteiger partial charge in [0.2, 0.25) is 0 Å². The molecule has 1 aromatic carbocycles. The lowest BCUT2D eigenvalue weighted by molar-refractivity contribution is 0.226. The molecular formula is C15H21N5O2. The second-order valence-corrected chi connectivity index (χ2v) is 5.11. The summed E-state index contributed by atoms with van der Waals surface area (Å²) in [5.74, 6) is 0. The Labute approximate surface area is 129 Å². The highest BCUT2D eigenvalue weighted by atomic mass is 16.3. The monoisotopic (exact) mass is 303 g/mol. The second-order valence-electron chi connectivity index (χ2n) is 5.11. The molecule has 3 N–H and O–H groups in total. The van der Waals surface area contributed by atoms with Gasteiger partial charge in [0.1, 0.15) is 12.7 Å². The standard InChI is InChI=1S/C15H21N5O2/c1-12(7-8-21)18-15(22)19-14(9-20-11-16-10-17-20)13-5-3-2-4-6-13/h2-6,10-12,14,21H,7-9H2,1H3,(H2,18,19,22)/t12-,14?/m1/s1. The van der Waals surface area contributed by atoms with Gasteiger partial charge in [0.15, 0.2) is 0 Å². The third-order valence-electron chi connectivity index (χ3n) is 3.28. The molecule has 0 saturated carbocycles. The van der Waals surface area contributed by atoms with Gasteiger partial charge in [-0.2, -0.15) is 5.10 Å². The van der Waals surface area contributed by atoms with E-state index in [0.717, 1.165) is 5.56 Å². The van der Waals surface area contributed by atoms with E-state index in [1.165, 1.54) is 6.33 Å². The summed E-state index contributed by atoms with van der Waals surface area (Å²) in [6.07, 6.45) is 3.60. The fourth-order valence-corrected chi connectivity index (χ4v) is 2.12. The summed E-state index contributed by atoms with van der Waals surface area (Å²) in [5, 5.41) is 18.7. The van der Waals surface area contributed by atoms with Gasteiger partial charge >= 0.3 is 6.03 Å². The van der Waals surface area contributed by atoms with Gasteiger partial charge in [-0.15, -0.1) is 0 Å². The van der Waals surface area contributed by atoms with Crippen molar-refractivity contribution in [3.63, 3.8) is 0 Å². The molecule has 2 amide bonds. The number of urea groups is 1. The van der Waals surface area contributed by atoms with Crippen LogP contribution in [0.4, 0.5) is 4.79 Å². The largest absolute Gasteiger partial charge is 0.396 e. The second kappa shape index (κ2) is 8.14. The minimum atomic E-state index is -0.269. The van der Waals surface area contributed by atoms with Crippen molar-refractivity contribution < 1.29 is 9.90 Å². The van der Waals surface area contributed by atoms with Gasteiger partial charge in [-0.3, -0.25) is 4.68 Å². The van der Waals surface area contributed by atoms with Crippen molar-refractivity contribution in [3.8, 4) is 0 Å². The zero-order valence-electron chi connectivity index (χ0n) is 12.5. The molecule has 7 heteroatoms. The van der Waals surface area contributed by atoms with E-state index >= 15 is 0 Å². The number of aliphatic hydroxyl groups is 1. The fraction of sp³-hybridized carbons (Fsp3) is 0.400. The van der Waals surface area contributed by atoms with Gasteiger partial charge in [0, 0.05) is 12.6 Å². The number of carbonyl (C=O) groups is 1. The van der Waals surface area contributed by atoms with E-state index in [9.17, 15) is 4.79 Å². The van der Waals surface area contributed by atoms with Crippen LogP contribution in [0.15, 0.2) is 43.0 Å². The Balaban J connectivity index is 2.03. The molecule has 2 aromatic rings. The third-order valence-corrected chi connectivity index (χ3v) is 3.28. The van der Waals surface area contributed by atoms with Gasteiger partial charge in [-0.05, 0) is 18.9 Å². The molecule has 0 saturated heterocycles. The molecule has 2 atom stereocenters. The highest BCUT2D eigenvalue weighted by molar-refractivity contribution is 5.74. The van der Waals surface area contributed by atoms with E-state index in [0.29, 0.717) is 13.0 Å². The van der Waals surface area contributed by atoms with Crippen molar-refractivity contribution in [3.05, 3.63) is 48.5 Å². The number of benzene rings is 1. The Morgan fingerprint density at radius 3 is 2.73 bits per heavy atom. The number of carbonyl (C=O) groups excluding carboxylic acids is 1. The van der Waals surface area contributed by atoms with Crippen LogP contribution in [0.3, 0.4) is 0 Å². The quantitative estimate of drug-likeness (QED) is 0.714. The number of hydrogen-bond donors (Lipinski definition) is 3. The molecule has 0 fully saturated rings. The lowest BCUT2D eigenvalue weighted by atomic mass is 10.1. The van der Waals surface area contributed by atoms with Crippen LogP contribution < -0.4 is 10.6 Å². The fourth-order valence-electron chi connectivity index (χ4n) is 2.12. The Hall–Kier alpha value is -2.41. The highest BCUT2D eigenvalue weighted by Crippen LogP contribution is 2.14. The summed E-state index contributed by atoms with van der Waals surface area (Å²) >= 11 is 0. The Bertz CT molecular complexity index is 559. The summed E-state index contributed by atoms with van der Waals surface area (Å²) in [5.41, 5.74) is 0.989. The molecular weight excluding hydrogens is 282 g/mol. The molecule has 7 nitrogen and oxygen atoms in total. The molecule has 22 heavy (non-hydrogen) atoms. The van der Waals surface area contributed by atoms with Gasteiger partial charge in [-0.25, -0.2) is 9.78 Å². The molecule has 0 aliphatic heterocycles. The van der Waals surface area contributed by atoms with Gasteiger partial charge in [0.25, 0.3) is 0 Å². The number of rotatable bonds is 7. The normalized spacial score (nSPS) is 13.4. The van der Waals surface area contributed by atoms with Crippen LogP contribution in [0.2, 0.25) is 0 Å². The van der Waals surface area contributed by atoms with Crippen molar-refractivity contribution >= 4 is 6.03 Å². The van der Waals surface area contributed by atoms with E-state index in [-0.39, 0.29) is 24.7 Å². The maximum absolute atomic E-state index is 12.1. The van der Waals surface area contributed by atoms with Crippen LogP contribution in [-0.2, 0) is 6.54 Å². The SMILES string of the molecule is C[C@H](CCO)NC(=O)NC(Cn1cncn1)c1ccccc1. The van der Waals surface area contributed by atoms with Crippen LogP contribution in [-0.4, -0.2) is 38.6 Å². The van der Waals surface area contributed by atoms with Crippen LogP contribution in [0.1, 0.15) is 24.9 Å². The molecule has 118 valence electrons. The van der Waals surface area contributed by atoms with E-state index in [1.54, 1.807) is 11.0 Å². The summed E-state index contributed by atoms with van der Waals surface area (Å²) < 4.78 is 1.68. The Morgan fingerprint density at radius 2 is 2.09 bits per heavy atom. The first-order valence-electron chi connectivity index (χ1n) is 7.24. The van der Waals surface area contributed by atoms with Crippen molar-refractivity contribution in [2.75, 3.05) is 6.61 Å². The summed E-state index contributed by atoms with van der Waals surface area (Å²) in [6, 6.07) is 9.12. The molecule has 0 aliphatic rings. The number of nitrogens with zero attached hydrogens (tertiary/aromatic N) is 3. The molecule has 0 bridgehead atoms. The van der Waals surface area contributed by atoms with Crippen molar-refractivity contribution in [2.24, 2.45) is 0 Å². The average molecular weight is 303 g/mol. The molecule has 0 aliphatic carbocycles. The minimum absolute atomic E-state index is 0.0442. The van der Waals surface area contributed by atoms with Gasteiger partial charge in [0.05, 0.1) is 12.6 Å². The first-order valence-corrected chi connectivity index (χ1v) is 7.24. The smallest absolute Gasteiger partial charge is 0.315 e. The maximum atomic E-state index is 12.1. The predicted octanol–water partition coefficient (Wildman–Crippen LogP) is 1.09. The van der Waals surface area contributed by atoms with Crippen LogP contribution in [0.25, 0.3) is 0 Å². The number of aliphatic hydroxyl groups excluding tert-OH is 1. The first kappa shape index (κ1) is 16.0. The zero-order chi connectivity index (χ0) is 15.8. The van der Waals surface area contributed by atoms with Crippen molar-refractivity contribution in [1.82, 2.24) is 25.4 Å². The minimum Gasteiger partial charge on any atom is -0.396 e. The highest BCUT2D eigenvalue weighted by Gasteiger charge is 2.16. The Kier molecular flexibility index (Phi) is 5.91. The van der Waals surface area contributed by atoms with Gasteiger partial charge < -0.3 is 15.7 Å². The summed E-state index contributed by atoms with van der Waals surface area (Å²) in [6.45, 7) is 2.39. The molecule has 0 radical (unpaired) electrons. The summed E-state index contributed by atoms with van der Waals surface area (Å²) in [4.78, 5) is 16.0. The number of amides is 2. The molecule has 1 aromatic heterocycles. The number of nitrogens with one attached hydrogen (secondary N) is 2. The topological polar surface area (TPSA) is 92.1 Å². The zero-order valence-corrected chi connectivity index (χ0v) is 12.5. The predicted molar refractivity (Wildman–Crippen MR) is 82.0 cm³/mol. The molecule has 2 rings (SSSR count). The Morgan fingerprint density at radius 1 is 1.32 bits per heavy atom. The van der Waals surface area contributed by atoms with Crippen molar-refractivity contribution in [2.45, 2.75) is 32.0 Å². The van der Waals surface area contributed by atoms with Crippen LogP contribution in [0.5, 0.6) is 0 Å². The van der Waals surface area contributed by atoms with E-state index in [1.807, 2.05) is 37.3 Å². The lowest BCUT2D eigenvalue weighted by Gasteiger charge is -2.21. The van der Waals surface area contributed by atoms with Gasteiger partial charge in [-0.1, -0.05) is 30.3 Å². The maximum Gasteiger partial charge on any atom is 0.315 e. The van der Waals surface area contributed by atoms with Crippen LogP contribution >= 0.6 is 0 Å². The van der Waals surface area contributed by atoms with E-state index in [4.69, 9.17) is 5.11 Å². The number of aromatic nitrogens is 3.